The first-order chi connectivity index (χ1) is 4.74. The average molecular weight is 142 g/mol. The van der Waals surface area contributed by atoms with Gasteiger partial charge in [0.1, 0.15) is 12.4 Å². The lowest BCUT2D eigenvalue weighted by molar-refractivity contribution is 0.0479. The van der Waals surface area contributed by atoms with Crippen molar-refractivity contribution in [1.29, 1.82) is 0 Å². The molecule has 0 aliphatic carbocycles. The van der Waals surface area contributed by atoms with Crippen molar-refractivity contribution in [2.45, 2.75) is 26.4 Å². The molecule has 0 spiro atoms. The van der Waals surface area contributed by atoms with Gasteiger partial charge in [-0.15, -0.1) is 0 Å². The van der Waals surface area contributed by atoms with E-state index in [0.717, 1.165) is 12.0 Å². The van der Waals surface area contributed by atoms with Gasteiger partial charge in [-0.3, -0.25) is 0 Å². The normalized spacial score (nSPS) is 24.8. The molecule has 0 radical (unpaired) electrons. The summed E-state index contributed by atoms with van der Waals surface area (Å²) in [7, 11) is 0. The molecular weight excluding hydrogens is 132 g/mol. The van der Waals surface area contributed by atoms with E-state index in [2.05, 4.69) is 4.74 Å². The highest BCUT2D eigenvalue weighted by Gasteiger charge is 2.18. The molecule has 1 unspecified atom stereocenters. The van der Waals surface area contributed by atoms with Crippen LogP contribution in [0.25, 0.3) is 0 Å². The molecule has 10 heavy (non-hydrogen) atoms. The van der Waals surface area contributed by atoms with Gasteiger partial charge in [-0.2, -0.15) is 0 Å². The minimum atomic E-state index is -0.607. The summed E-state index contributed by atoms with van der Waals surface area (Å²) in [4.78, 5) is 10.4. The molecular formula is C7H10O3. The molecule has 1 rings (SSSR count). The molecule has 1 atom stereocenters. The van der Waals surface area contributed by atoms with Crippen molar-refractivity contribution in [3.63, 3.8) is 0 Å². The number of carbonyl (C=O) groups excluding carboxylic acids is 1. The fourth-order valence-electron chi connectivity index (χ4n) is 0.838. The maximum atomic E-state index is 10.4. The lowest BCUT2D eigenvalue weighted by Crippen LogP contribution is -2.21. The number of hydrogen-bond acceptors (Lipinski definition) is 3. The first-order valence-electron chi connectivity index (χ1n) is 3.30. The Kier molecular flexibility index (Phi) is 1.94. The van der Waals surface area contributed by atoms with Gasteiger partial charge in [0.05, 0.1) is 0 Å². The molecule has 0 saturated carbocycles. The highest BCUT2D eigenvalue weighted by Crippen LogP contribution is 2.15. The fraction of sp³-hybridized carbons (Fsp3) is 0.571. The third kappa shape index (κ3) is 1.29. The fourth-order valence-corrected chi connectivity index (χ4v) is 0.838. The zero-order valence-electron chi connectivity index (χ0n) is 6.09. The Labute approximate surface area is 59.6 Å². The second-order valence-electron chi connectivity index (χ2n) is 2.17. The predicted octanol–water partition coefficient (Wildman–Crippen LogP) is 1.84. The van der Waals surface area contributed by atoms with Crippen LogP contribution in [-0.4, -0.2) is 12.3 Å². The molecule has 56 valence electrons. The van der Waals surface area contributed by atoms with Gasteiger partial charge in [0.2, 0.25) is 0 Å². The molecule has 0 aromatic heterocycles. The summed E-state index contributed by atoms with van der Waals surface area (Å²) < 4.78 is 9.29. The van der Waals surface area contributed by atoms with Crippen molar-refractivity contribution < 1.29 is 14.3 Å². The van der Waals surface area contributed by atoms with E-state index in [-0.39, 0.29) is 6.10 Å². The molecule has 0 amide bonds. The third-order valence-electron chi connectivity index (χ3n) is 1.51. The van der Waals surface area contributed by atoms with Gasteiger partial charge >= 0.3 is 6.16 Å². The Morgan fingerprint density at radius 1 is 1.70 bits per heavy atom. The SMILES string of the molecule is CCC1=COC(=O)OC1C. The first-order valence-corrected chi connectivity index (χ1v) is 3.30. The van der Waals surface area contributed by atoms with Crippen molar-refractivity contribution in [3.8, 4) is 0 Å². The summed E-state index contributed by atoms with van der Waals surface area (Å²) >= 11 is 0. The minimum absolute atomic E-state index is 0.119. The summed E-state index contributed by atoms with van der Waals surface area (Å²) in [5, 5.41) is 0. The Morgan fingerprint density at radius 3 is 2.90 bits per heavy atom. The van der Waals surface area contributed by atoms with E-state index >= 15 is 0 Å². The van der Waals surface area contributed by atoms with Crippen molar-refractivity contribution in [2.24, 2.45) is 0 Å². The zero-order chi connectivity index (χ0) is 7.56. The molecule has 0 saturated heterocycles. The largest absolute Gasteiger partial charge is 0.513 e. The Bertz CT molecular complexity index is 172. The van der Waals surface area contributed by atoms with Crippen LogP contribution in [0.3, 0.4) is 0 Å². The van der Waals surface area contributed by atoms with Crippen LogP contribution < -0.4 is 0 Å². The molecule has 1 heterocycles. The molecule has 0 aromatic carbocycles. The van der Waals surface area contributed by atoms with Gasteiger partial charge < -0.3 is 9.47 Å². The molecule has 3 nitrogen and oxygen atoms in total. The highest BCUT2D eigenvalue weighted by molar-refractivity contribution is 5.62. The van der Waals surface area contributed by atoms with Crippen molar-refractivity contribution in [1.82, 2.24) is 0 Å². The van der Waals surface area contributed by atoms with Gasteiger partial charge in [0, 0.05) is 5.57 Å². The third-order valence-corrected chi connectivity index (χ3v) is 1.51. The quantitative estimate of drug-likeness (QED) is 0.524. The van der Waals surface area contributed by atoms with E-state index < -0.39 is 6.16 Å². The molecule has 3 heteroatoms. The van der Waals surface area contributed by atoms with Gasteiger partial charge in [0.25, 0.3) is 0 Å². The molecule has 1 aliphatic rings. The lowest BCUT2D eigenvalue weighted by atomic mass is 10.1. The Morgan fingerprint density at radius 2 is 2.40 bits per heavy atom. The molecule has 0 N–H and O–H groups in total. The van der Waals surface area contributed by atoms with Crippen LogP contribution in [0.1, 0.15) is 20.3 Å². The van der Waals surface area contributed by atoms with E-state index in [4.69, 9.17) is 4.74 Å². The summed E-state index contributed by atoms with van der Waals surface area (Å²) in [6.45, 7) is 3.82. The van der Waals surface area contributed by atoms with Crippen LogP contribution >= 0.6 is 0 Å². The van der Waals surface area contributed by atoms with Crippen molar-refractivity contribution in [3.05, 3.63) is 11.8 Å². The van der Waals surface area contributed by atoms with Gasteiger partial charge in [-0.05, 0) is 13.3 Å². The minimum Gasteiger partial charge on any atom is -0.426 e. The van der Waals surface area contributed by atoms with Crippen LogP contribution in [0, 0.1) is 0 Å². The van der Waals surface area contributed by atoms with Gasteiger partial charge in [-0.25, -0.2) is 4.79 Å². The van der Waals surface area contributed by atoms with Crippen LogP contribution in [0.4, 0.5) is 4.79 Å². The molecule has 1 aliphatic heterocycles. The van der Waals surface area contributed by atoms with E-state index in [9.17, 15) is 4.79 Å². The number of hydrogen-bond donors (Lipinski definition) is 0. The summed E-state index contributed by atoms with van der Waals surface area (Å²) in [5.74, 6) is 0. The predicted molar refractivity (Wildman–Crippen MR) is 35.4 cm³/mol. The monoisotopic (exact) mass is 142 g/mol. The molecule has 0 fully saturated rings. The van der Waals surface area contributed by atoms with Crippen LogP contribution in [-0.2, 0) is 9.47 Å². The van der Waals surface area contributed by atoms with E-state index in [1.54, 1.807) is 0 Å². The first kappa shape index (κ1) is 7.12. The van der Waals surface area contributed by atoms with Crippen molar-refractivity contribution in [2.75, 3.05) is 0 Å². The smallest absolute Gasteiger partial charge is 0.426 e. The standard InChI is InChI=1S/C7H10O3/c1-3-6-4-9-7(8)10-5(6)2/h4-5H,3H2,1-2H3. The summed E-state index contributed by atoms with van der Waals surface area (Å²) in [6, 6.07) is 0. The average Bonchev–Trinajstić information content (AvgIpc) is 1.88. The van der Waals surface area contributed by atoms with Crippen LogP contribution in [0.15, 0.2) is 11.8 Å². The second-order valence-corrected chi connectivity index (χ2v) is 2.17. The van der Waals surface area contributed by atoms with E-state index in [1.165, 1.54) is 6.26 Å². The lowest BCUT2D eigenvalue weighted by Gasteiger charge is -2.18. The molecule has 0 bridgehead atoms. The van der Waals surface area contributed by atoms with Gasteiger partial charge in [0.15, 0.2) is 0 Å². The maximum absolute atomic E-state index is 10.4. The van der Waals surface area contributed by atoms with Crippen LogP contribution in [0.2, 0.25) is 0 Å². The van der Waals surface area contributed by atoms with Crippen LogP contribution in [0.5, 0.6) is 0 Å². The second kappa shape index (κ2) is 2.73. The Balaban J connectivity index is 2.65. The highest BCUT2D eigenvalue weighted by atomic mass is 16.7. The molecule has 0 aromatic rings. The number of cyclic esters (lactones) is 2. The van der Waals surface area contributed by atoms with E-state index in [0.29, 0.717) is 0 Å². The Hall–Kier alpha value is -0.990. The number of carbonyl (C=O) groups is 1. The zero-order valence-corrected chi connectivity index (χ0v) is 6.09. The summed E-state index contributed by atoms with van der Waals surface area (Å²) in [6.07, 6.45) is 1.60. The topological polar surface area (TPSA) is 35.5 Å². The van der Waals surface area contributed by atoms with Gasteiger partial charge in [-0.1, -0.05) is 6.92 Å². The summed E-state index contributed by atoms with van der Waals surface area (Å²) in [5.41, 5.74) is 1.01. The number of rotatable bonds is 1. The van der Waals surface area contributed by atoms with E-state index in [1.807, 2.05) is 13.8 Å². The maximum Gasteiger partial charge on any atom is 0.513 e. The van der Waals surface area contributed by atoms with Crippen molar-refractivity contribution >= 4 is 6.16 Å². The number of ether oxygens (including phenoxy) is 2.